The van der Waals surface area contributed by atoms with Gasteiger partial charge in [-0.15, -0.1) is 0 Å². The average molecular weight is 460 g/mol. The van der Waals surface area contributed by atoms with E-state index in [2.05, 4.69) is 5.32 Å². The highest BCUT2D eigenvalue weighted by Gasteiger charge is 2.16. The number of rotatable bonds is 9. The number of carbonyl (C=O) groups is 1. The van der Waals surface area contributed by atoms with Crippen molar-refractivity contribution in [3.05, 3.63) is 94.0 Å². The highest BCUT2D eigenvalue weighted by molar-refractivity contribution is 7.51. The van der Waals surface area contributed by atoms with Crippen LogP contribution in [0.15, 0.2) is 66.7 Å². The number of benzene rings is 3. The Kier molecular flexibility index (Phi) is 7.65. The molecular formula is C23H23ClNO5P. The van der Waals surface area contributed by atoms with Crippen LogP contribution >= 0.6 is 19.2 Å². The van der Waals surface area contributed by atoms with Gasteiger partial charge in [0.1, 0.15) is 0 Å². The highest BCUT2D eigenvalue weighted by Crippen LogP contribution is 2.33. The summed E-state index contributed by atoms with van der Waals surface area (Å²) in [7, 11) is -4.08. The number of aryl methyl sites for hydroxylation is 1. The first-order valence-corrected chi connectivity index (χ1v) is 11.8. The van der Waals surface area contributed by atoms with Crippen LogP contribution in [0.25, 0.3) is 0 Å². The number of hydrogen-bond donors (Lipinski definition) is 3. The molecule has 0 unspecified atom stereocenters. The summed E-state index contributed by atoms with van der Waals surface area (Å²) in [6.45, 7) is 2.04. The van der Waals surface area contributed by atoms with Crippen LogP contribution in [0.2, 0.25) is 5.02 Å². The predicted octanol–water partition coefficient (Wildman–Crippen LogP) is 5.32. The van der Waals surface area contributed by atoms with Gasteiger partial charge in [0.15, 0.2) is 5.78 Å². The van der Waals surface area contributed by atoms with E-state index in [1.807, 2.05) is 49.4 Å². The monoisotopic (exact) mass is 459 g/mol. The molecule has 0 fully saturated rings. The van der Waals surface area contributed by atoms with Crippen LogP contribution in [0.4, 0.5) is 11.4 Å². The molecule has 0 aliphatic rings. The van der Waals surface area contributed by atoms with E-state index in [-0.39, 0.29) is 25.2 Å². The first-order chi connectivity index (χ1) is 14.7. The van der Waals surface area contributed by atoms with E-state index in [1.165, 1.54) is 0 Å². The fourth-order valence-electron chi connectivity index (χ4n) is 3.04. The van der Waals surface area contributed by atoms with E-state index >= 15 is 0 Å². The quantitative estimate of drug-likeness (QED) is 0.228. The van der Waals surface area contributed by atoms with Crippen molar-refractivity contribution in [2.75, 3.05) is 18.1 Å². The Morgan fingerprint density at radius 3 is 2.45 bits per heavy atom. The number of halogens is 1. The zero-order chi connectivity index (χ0) is 22.4. The summed E-state index contributed by atoms with van der Waals surface area (Å²) in [4.78, 5) is 30.7. The largest absolute Gasteiger partial charge is 0.376 e. The number of nitrogens with one attached hydrogen (secondary N) is 1. The fourth-order valence-corrected chi connectivity index (χ4v) is 3.67. The van der Waals surface area contributed by atoms with Crippen molar-refractivity contribution in [2.24, 2.45) is 0 Å². The van der Waals surface area contributed by atoms with Gasteiger partial charge in [-0.3, -0.25) is 9.36 Å². The van der Waals surface area contributed by atoms with Gasteiger partial charge in [-0.25, -0.2) is 0 Å². The second-order valence-electron chi connectivity index (χ2n) is 7.06. The van der Waals surface area contributed by atoms with Crippen LogP contribution in [0.5, 0.6) is 0 Å². The van der Waals surface area contributed by atoms with Gasteiger partial charge in [0.05, 0.1) is 24.4 Å². The van der Waals surface area contributed by atoms with E-state index < -0.39 is 7.60 Å². The topological polar surface area (TPSA) is 95.9 Å². The maximum Gasteiger partial charge on any atom is 0.327 e. The first-order valence-electron chi connectivity index (χ1n) is 9.62. The summed E-state index contributed by atoms with van der Waals surface area (Å²) < 4.78 is 16.3. The molecule has 3 rings (SSSR count). The van der Waals surface area contributed by atoms with Crippen molar-refractivity contribution < 1.29 is 23.9 Å². The van der Waals surface area contributed by atoms with Crippen molar-refractivity contribution in [1.82, 2.24) is 0 Å². The number of ketones is 1. The molecule has 6 nitrogen and oxygen atoms in total. The molecule has 0 saturated heterocycles. The zero-order valence-electron chi connectivity index (χ0n) is 16.9. The molecule has 0 aliphatic carbocycles. The standard InChI is InChI=1S/C23H23ClNO5P/c1-16-6-2-4-8-19(16)23(26)20-11-10-18(14-21(20)24)25-22-9-5-3-7-17(22)15-30-12-13-31(27,28)29/h2-11,14,25H,12-13,15H2,1H3,(H2,27,28,29). The third kappa shape index (κ3) is 6.50. The molecule has 162 valence electrons. The summed E-state index contributed by atoms with van der Waals surface area (Å²) in [5.74, 6) is -0.131. The minimum Gasteiger partial charge on any atom is -0.376 e. The van der Waals surface area contributed by atoms with Crippen molar-refractivity contribution in [3.63, 3.8) is 0 Å². The van der Waals surface area contributed by atoms with Crippen molar-refractivity contribution in [2.45, 2.75) is 13.5 Å². The number of para-hydroxylation sites is 1. The summed E-state index contributed by atoms with van der Waals surface area (Å²) in [6, 6.07) is 20.0. The minimum absolute atomic E-state index is 0.0415. The van der Waals surface area contributed by atoms with E-state index in [4.69, 9.17) is 26.1 Å². The van der Waals surface area contributed by atoms with Gasteiger partial charge >= 0.3 is 7.60 Å². The Balaban J connectivity index is 1.73. The Morgan fingerprint density at radius 2 is 1.74 bits per heavy atom. The van der Waals surface area contributed by atoms with Gasteiger partial charge < -0.3 is 19.8 Å². The van der Waals surface area contributed by atoms with E-state index in [9.17, 15) is 9.36 Å². The number of carbonyl (C=O) groups excluding carboxylic acids is 1. The van der Waals surface area contributed by atoms with Crippen LogP contribution in [-0.4, -0.2) is 28.3 Å². The lowest BCUT2D eigenvalue weighted by Crippen LogP contribution is -2.05. The molecule has 0 amide bonds. The molecule has 0 radical (unpaired) electrons. The molecule has 0 aromatic heterocycles. The Morgan fingerprint density at radius 1 is 1.03 bits per heavy atom. The fraction of sp³-hybridized carbons (Fsp3) is 0.174. The molecule has 8 heteroatoms. The smallest absolute Gasteiger partial charge is 0.327 e. The lowest BCUT2D eigenvalue weighted by molar-refractivity contribution is 0.103. The predicted molar refractivity (Wildman–Crippen MR) is 122 cm³/mol. The molecule has 3 aromatic carbocycles. The lowest BCUT2D eigenvalue weighted by Gasteiger charge is -2.14. The Bertz CT molecular complexity index is 1130. The number of anilines is 2. The molecule has 3 aromatic rings. The van der Waals surface area contributed by atoms with E-state index in [1.54, 1.807) is 24.3 Å². The maximum absolute atomic E-state index is 12.9. The molecular weight excluding hydrogens is 437 g/mol. The third-order valence-corrected chi connectivity index (χ3v) is 5.76. The first kappa shape index (κ1) is 23.2. The summed E-state index contributed by atoms with van der Waals surface area (Å²) in [5.41, 5.74) is 4.23. The molecule has 31 heavy (non-hydrogen) atoms. The molecule has 0 spiro atoms. The van der Waals surface area contributed by atoms with Crippen molar-refractivity contribution in [3.8, 4) is 0 Å². The number of hydrogen-bond acceptors (Lipinski definition) is 4. The second kappa shape index (κ2) is 10.2. The van der Waals surface area contributed by atoms with Gasteiger partial charge in [-0.05, 0) is 36.8 Å². The zero-order valence-corrected chi connectivity index (χ0v) is 18.6. The molecule has 0 saturated carbocycles. The van der Waals surface area contributed by atoms with Gasteiger partial charge in [0.2, 0.25) is 0 Å². The van der Waals surface area contributed by atoms with Crippen LogP contribution in [0, 0.1) is 6.92 Å². The lowest BCUT2D eigenvalue weighted by atomic mass is 9.99. The highest BCUT2D eigenvalue weighted by atomic mass is 35.5. The molecule has 0 heterocycles. The SMILES string of the molecule is Cc1ccccc1C(=O)c1ccc(Nc2ccccc2COCCP(=O)(O)O)cc1Cl. The molecule has 3 N–H and O–H groups in total. The minimum atomic E-state index is -4.08. The maximum atomic E-state index is 12.9. The van der Waals surface area contributed by atoms with E-state index in [0.29, 0.717) is 21.8 Å². The van der Waals surface area contributed by atoms with E-state index in [0.717, 1.165) is 16.8 Å². The normalized spacial score (nSPS) is 11.4. The van der Waals surface area contributed by atoms with Crippen LogP contribution in [-0.2, 0) is 15.9 Å². The Labute approximate surface area is 186 Å². The molecule has 0 atom stereocenters. The van der Waals surface area contributed by atoms with Crippen LogP contribution in [0.3, 0.4) is 0 Å². The third-order valence-electron chi connectivity index (χ3n) is 4.68. The molecule has 0 aliphatic heterocycles. The van der Waals surface area contributed by atoms with Gasteiger partial charge in [-0.1, -0.05) is 54.1 Å². The number of ether oxygens (including phenoxy) is 1. The second-order valence-corrected chi connectivity index (χ2v) is 9.25. The molecule has 0 bridgehead atoms. The van der Waals surface area contributed by atoms with Gasteiger partial charge in [0.25, 0.3) is 0 Å². The average Bonchev–Trinajstić information content (AvgIpc) is 2.72. The van der Waals surface area contributed by atoms with Gasteiger partial charge in [0, 0.05) is 28.1 Å². The Hall–Kier alpha value is -2.47. The summed E-state index contributed by atoms with van der Waals surface area (Å²) in [6.07, 6.45) is -0.325. The van der Waals surface area contributed by atoms with Crippen molar-refractivity contribution in [1.29, 1.82) is 0 Å². The van der Waals surface area contributed by atoms with Crippen LogP contribution < -0.4 is 5.32 Å². The van der Waals surface area contributed by atoms with Gasteiger partial charge in [-0.2, -0.15) is 0 Å². The summed E-state index contributed by atoms with van der Waals surface area (Å²) >= 11 is 6.42. The summed E-state index contributed by atoms with van der Waals surface area (Å²) in [5, 5.41) is 3.60. The van der Waals surface area contributed by atoms with Crippen molar-refractivity contribution >= 4 is 36.4 Å². The van der Waals surface area contributed by atoms with Crippen LogP contribution in [0.1, 0.15) is 27.0 Å².